The first-order chi connectivity index (χ1) is 7.86. The summed E-state index contributed by atoms with van der Waals surface area (Å²) < 4.78 is 37.7. The maximum absolute atomic E-state index is 12.3. The third-order valence-corrected chi connectivity index (χ3v) is 1.86. The largest absolute Gasteiger partial charge is 0.481 e. The number of alkyl halides is 3. The number of aromatic nitrogens is 4. The summed E-state index contributed by atoms with van der Waals surface area (Å²) in [7, 11) is 0. The Bertz CT molecular complexity index is 578. The third-order valence-electron chi connectivity index (χ3n) is 1.86. The zero-order valence-electron chi connectivity index (χ0n) is 8.14. The van der Waals surface area contributed by atoms with Crippen LogP contribution in [0.4, 0.5) is 13.2 Å². The van der Waals surface area contributed by atoms with Crippen LogP contribution >= 0.6 is 0 Å². The lowest BCUT2D eigenvalue weighted by atomic mass is 10.3. The van der Waals surface area contributed by atoms with Crippen molar-refractivity contribution in [2.24, 2.45) is 0 Å². The van der Waals surface area contributed by atoms with Crippen molar-refractivity contribution in [2.45, 2.75) is 12.6 Å². The minimum Gasteiger partial charge on any atom is -0.481 e. The van der Waals surface area contributed by atoms with Crippen molar-refractivity contribution in [3.05, 3.63) is 23.9 Å². The van der Waals surface area contributed by atoms with Crippen LogP contribution in [0.15, 0.2) is 12.4 Å². The minimum absolute atomic E-state index is 0.0912. The van der Waals surface area contributed by atoms with Gasteiger partial charge < -0.3 is 5.11 Å². The standard InChI is InChI=1S/C8H5F3N4O2/c9-8(10,11)7-13-5-2-12-4(1-6(16)17)3-15(5)14-7/h2-3H,1H2,(H,16,17). The van der Waals surface area contributed by atoms with Gasteiger partial charge in [-0.1, -0.05) is 0 Å². The topological polar surface area (TPSA) is 80.4 Å². The molecule has 0 aliphatic heterocycles. The number of halogens is 3. The molecule has 1 N–H and O–H groups in total. The molecule has 6 nitrogen and oxygen atoms in total. The lowest BCUT2D eigenvalue weighted by Gasteiger charge is -1.97. The van der Waals surface area contributed by atoms with Gasteiger partial charge in [-0.3, -0.25) is 9.78 Å². The molecule has 2 aromatic heterocycles. The van der Waals surface area contributed by atoms with Gasteiger partial charge in [-0.05, 0) is 0 Å². The van der Waals surface area contributed by atoms with E-state index < -0.39 is 24.4 Å². The molecular formula is C8H5F3N4O2. The second-order valence-corrected chi connectivity index (χ2v) is 3.19. The van der Waals surface area contributed by atoms with E-state index in [0.29, 0.717) is 0 Å². The smallest absolute Gasteiger partial charge is 0.453 e. The van der Waals surface area contributed by atoms with E-state index in [1.165, 1.54) is 0 Å². The predicted octanol–water partition coefficient (Wildman–Crippen LogP) is 0.770. The monoisotopic (exact) mass is 246 g/mol. The summed E-state index contributed by atoms with van der Waals surface area (Å²) in [6.07, 6.45) is -2.89. The molecule has 0 saturated carbocycles. The number of carbonyl (C=O) groups is 1. The van der Waals surface area contributed by atoms with Crippen LogP contribution < -0.4 is 0 Å². The quantitative estimate of drug-likeness (QED) is 0.846. The molecule has 17 heavy (non-hydrogen) atoms. The van der Waals surface area contributed by atoms with Crippen molar-refractivity contribution in [1.82, 2.24) is 19.6 Å². The number of rotatable bonds is 2. The minimum atomic E-state index is -4.64. The summed E-state index contributed by atoms with van der Waals surface area (Å²) in [6.45, 7) is 0. The highest BCUT2D eigenvalue weighted by molar-refractivity contribution is 5.69. The zero-order valence-corrected chi connectivity index (χ0v) is 8.14. The fourth-order valence-electron chi connectivity index (χ4n) is 1.20. The Kier molecular flexibility index (Phi) is 2.45. The molecule has 0 spiro atoms. The van der Waals surface area contributed by atoms with E-state index in [-0.39, 0.29) is 11.3 Å². The lowest BCUT2D eigenvalue weighted by molar-refractivity contribution is -0.144. The fraction of sp³-hybridized carbons (Fsp3) is 0.250. The van der Waals surface area contributed by atoms with Gasteiger partial charge in [-0.15, -0.1) is 5.10 Å². The number of aliphatic carboxylic acids is 1. The molecular weight excluding hydrogens is 241 g/mol. The molecule has 0 aromatic carbocycles. The van der Waals surface area contributed by atoms with E-state index in [1.807, 2.05) is 0 Å². The molecule has 0 radical (unpaired) electrons. The van der Waals surface area contributed by atoms with Crippen LogP contribution in [0, 0.1) is 0 Å². The first-order valence-corrected chi connectivity index (χ1v) is 4.36. The molecule has 0 fully saturated rings. The molecule has 0 bridgehead atoms. The van der Waals surface area contributed by atoms with Crippen LogP contribution in [0.5, 0.6) is 0 Å². The van der Waals surface area contributed by atoms with Gasteiger partial charge >= 0.3 is 12.1 Å². The van der Waals surface area contributed by atoms with Gasteiger partial charge in [0.2, 0.25) is 0 Å². The third kappa shape index (κ3) is 2.32. The molecule has 0 aliphatic carbocycles. The summed E-state index contributed by atoms with van der Waals surface area (Å²) in [5, 5.41) is 11.7. The second kappa shape index (κ2) is 3.68. The van der Waals surface area contributed by atoms with Crippen LogP contribution in [0.3, 0.4) is 0 Å². The van der Waals surface area contributed by atoms with Crippen LogP contribution in [0.25, 0.3) is 5.65 Å². The first-order valence-electron chi connectivity index (χ1n) is 4.36. The van der Waals surface area contributed by atoms with Crippen molar-refractivity contribution in [2.75, 3.05) is 0 Å². The highest BCUT2D eigenvalue weighted by Crippen LogP contribution is 2.26. The van der Waals surface area contributed by atoms with E-state index in [4.69, 9.17) is 5.11 Å². The van der Waals surface area contributed by atoms with E-state index in [1.54, 1.807) is 0 Å². The number of carboxylic acids is 1. The number of fused-ring (bicyclic) bond motifs is 1. The van der Waals surface area contributed by atoms with E-state index in [9.17, 15) is 18.0 Å². The van der Waals surface area contributed by atoms with Gasteiger partial charge in [0.15, 0.2) is 5.65 Å². The lowest BCUT2D eigenvalue weighted by Crippen LogP contribution is -2.07. The van der Waals surface area contributed by atoms with Gasteiger partial charge in [0.1, 0.15) is 0 Å². The molecule has 0 saturated heterocycles. The maximum Gasteiger partial charge on any atom is 0.453 e. The molecule has 2 heterocycles. The Morgan fingerprint density at radius 1 is 1.47 bits per heavy atom. The Morgan fingerprint density at radius 2 is 2.18 bits per heavy atom. The number of hydrogen-bond acceptors (Lipinski definition) is 4. The van der Waals surface area contributed by atoms with E-state index >= 15 is 0 Å². The number of carboxylic acid groups (broad SMARTS) is 1. The SMILES string of the molecule is O=C(O)Cc1cn2nc(C(F)(F)F)nc2cn1. The first kappa shape index (κ1) is 11.3. The normalized spacial score (nSPS) is 11.9. The highest BCUT2D eigenvalue weighted by atomic mass is 19.4. The molecule has 2 rings (SSSR count). The molecule has 0 atom stereocenters. The van der Waals surface area contributed by atoms with Gasteiger partial charge in [0.25, 0.3) is 5.82 Å². The molecule has 2 aromatic rings. The number of hydrogen-bond donors (Lipinski definition) is 1. The van der Waals surface area contributed by atoms with Crippen LogP contribution in [-0.2, 0) is 17.4 Å². The Hall–Kier alpha value is -2.19. The average molecular weight is 246 g/mol. The number of nitrogens with zero attached hydrogens (tertiary/aromatic N) is 4. The fourth-order valence-corrected chi connectivity index (χ4v) is 1.20. The summed E-state index contributed by atoms with van der Waals surface area (Å²) >= 11 is 0. The second-order valence-electron chi connectivity index (χ2n) is 3.19. The Morgan fingerprint density at radius 3 is 2.76 bits per heavy atom. The van der Waals surface area contributed by atoms with Crippen molar-refractivity contribution in [3.63, 3.8) is 0 Å². The Labute approximate surface area is 91.7 Å². The molecule has 0 unspecified atom stereocenters. The molecule has 90 valence electrons. The molecule has 0 amide bonds. The summed E-state index contributed by atoms with van der Waals surface area (Å²) in [6, 6.07) is 0. The van der Waals surface area contributed by atoms with E-state index in [2.05, 4.69) is 15.1 Å². The summed E-state index contributed by atoms with van der Waals surface area (Å²) in [5.41, 5.74) is 0.00934. The average Bonchev–Trinajstić information content (AvgIpc) is 2.58. The highest BCUT2D eigenvalue weighted by Gasteiger charge is 2.36. The van der Waals surface area contributed by atoms with Crippen molar-refractivity contribution < 1.29 is 23.1 Å². The van der Waals surface area contributed by atoms with E-state index in [0.717, 1.165) is 16.9 Å². The predicted molar refractivity (Wildman–Crippen MR) is 47.1 cm³/mol. The zero-order chi connectivity index (χ0) is 12.6. The summed E-state index contributed by atoms with van der Waals surface area (Å²) in [5.74, 6) is -2.42. The van der Waals surface area contributed by atoms with Crippen LogP contribution in [0.2, 0.25) is 0 Å². The summed E-state index contributed by atoms with van der Waals surface area (Å²) in [4.78, 5) is 17.3. The van der Waals surface area contributed by atoms with Gasteiger partial charge in [0.05, 0.1) is 24.5 Å². The van der Waals surface area contributed by atoms with Gasteiger partial charge in [0, 0.05) is 0 Å². The van der Waals surface area contributed by atoms with Crippen LogP contribution in [-0.4, -0.2) is 30.7 Å². The van der Waals surface area contributed by atoms with Crippen LogP contribution in [0.1, 0.15) is 11.5 Å². The van der Waals surface area contributed by atoms with Crippen molar-refractivity contribution >= 4 is 11.6 Å². The maximum atomic E-state index is 12.3. The van der Waals surface area contributed by atoms with Gasteiger partial charge in [-0.25, -0.2) is 9.50 Å². The molecule has 9 heteroatoms. The van der Waals surface area contributed by atoms with Gasteiger partial charge in [-0.2, -0.15) is 13.2 Å². The van der Waals surface area contributed by atoms with Crippen molar-refractivity contribution in [1.29, 1.82) is 0 Å². The molecule has 0 aliphatic rings. The Balaban J connectivity index is 2.44. The van der Waals surface area contributed by atoms with Crippen molar-refractivity contribution in [3.8, 4) is 0 Å².